The third kappa shape index (κ3) is 4.34. The molecule has 1 aliphatic carbocycles. The molecule has 4 nitrogen and oxygen atoms in total. The molecule has 0 spiro atoms. The Morgan fingerprint density at radius 2 is 2.28 bits per heavy atom. The Morgan fingerprint density at radius 1 is 1.50 bits per heavy atom. The molecule has 1 aromatic heterocycles. The Balaban J connectivity index is 1.72. The highest BCUT2D eigenvalue weighted by molar-refractivity contribution is 7.80. The van der Waals surface area contributed by atoms with E-state index in [0.717, 1.165) is 10.7 Å². The van der Waals surface area contributed by atoms with E-state index < -0.39 is 0 Å². The molecule has 0 unspecified atom stereocenters. The van der Waals surface area contributed by atoms with Crippen LogP contribution >= 0.6 is 23.6 Å². The van der Waals surface area contributed by atoms with Crippen LogP contribution in [0.3, 0.4) is 0 Å². The van der Waals surface area contributed by atoms with Crippen LogP contribution in [0, 0.1) is 6.92 Å². The second-order valence-electron chi connectivity index (χ2n) is 4.47. The van der Waals surface area contributed by atoms with Crippen molar-refractivity contribution >= 4 is 34.9 Å². The van der Waals surface area contributed by atoms with E-state index in [1.54, 1.807) is 17.6 Å². The third-order valence-electron chi connectivity index (χ3n) is 2.94. The van der Waals surface area contributed by atoms with Crippen LogP contribution in [0.4, 0.5) is 0 Å². The van der Waals surface area contributed by atoms with Gasteiger partial charge in [0, 0.05) is 11.4 Å². The first-order valence-corrected chi connectivity index (χ1v) is 7.54. The monoisotopic (exact) mass is 282 g/mol. The summed E-state index contributed by atoms with van der Waals surface area (Å²) >= 11 is 6.81. The van der Waals surface area contributed by atoms with Gasteiger partial charge in [0.05, 0.1) is 16.9 Å². The van der Waals surface area contributed by atoms with Crippen molar-refractivity contribution in [3.05, 3.63) is 16.1 Å². The average molecular weight is 282 g/mol. The summed E-state index contributed by atoms with van der Waals surface area (Å²) in [5.74, 6) is 0. The lowest BCUT2D eigenvalue weighted by Gasteiger charge is -2.23. The number of aryl methyl sites for hydroxylation is 1. The average Bonchev–Trinajstić information content (AvgIpc) is 2.76. The molecule has 6 heteroatoms. The fraction of sp³-hybridized carbons (Fsp3) is 0.583. The summed E-state index contributed by atoms with van der Waals surface area (Å²) in [5, 5.41) is 11.0. The second-order valence-corrected chi connectivity index (χ2v) is 5.94. The lowest BCUT2D eigenvalue weighted by atomic mass is 9.96. The van der Waals surface area contributed by atoms with Crippen LogP contribution < -0.4 is 10.7 Å². The van der Waals surface area contributed by atoms with Gasteiger partial charge < -0.3 is 5.32 Å². The Labute approximate surface area is 117 Å². The van der Waals surface area contributed by atoms with Crippen molar-refractivity contribution in [1.82, 2.24) is 15.7 Å². The first-order chi connectivity index (χ1) is 8.74. The van der Waals surface area contributed by atoms with E-state index in [4.69, 9.17) is 12.2 Å². The molecule has 0 aromatic carbocycles. The van der Waals surface area contributed by atoms with E-state index >= 15 is 0 Å². The van der Waals surface area contributed by atoms with Crippen LogP contribution in [0.5, 0.6) is 0 Å². The van der Waals surface area contributed by atoms with Gasteiger partial charge in [-0.15, -0.1) is 11.3 Å². The van der Waals surface area contributed by atoms with Gasteiger partial charge >= 0.3 is 0 Å². The summed E-state index contributed by atoms with van der Waals surface area (Å²) in [6.45, 7) is 1.98. The van der Waals surface area contributed by atoms with Gasteiger partial charge in [-0.05, 0) is 32.0 Å². The molecule has 0 bridgehead atoms. The topological polar surface area (TPSA) is 49.3 Å². The number of hydrogen-bond acceptors (Lipinski definition) is 4. The number of thiazole rings is 1. The minimum absolute atomic E-state index is 0.510. The van der Waals surface area contributed by atoms with Crippen LogP contribution in [0.2, 0.25) is 0 Å². The summed E-state index contributed by atoms with van der Waals surface area (Å²) < 4.78 is 0. The highest BCUT2D eigenvalue weighted by Crippen LogP contribution is 2.17. The van der Waals surface area contributed by atoms with E-state index in [-0.39, 0.29) is 0 Å². The third-order valence-corrected chi connectivity index (χ3v) is 3.94. The zero-order chi connectivity index (χ0) is 12.8. The quantitative estimate of drug-likeness (QED) is 0.508. The molecular weight excluding hydrogens is 264 g/mol. The Kier molecular flexibility index (Phi) is 5.07. The lowest BCUT2D eigenvalue weighted by Crippen LogP contribution is -2.40. The zero-order valence-electron chi connectivity index (χ0n) is 10.5. The highest BCUT2D eigenvalue weighted by Gasteiger charge is 2.13. The van der Waals surface area contributed by atoms with E-state index in [2.05, 4.69) is 20.8 Å². The standard InChI is InChI=1S/C12H18N4S2/c1-9-14-11(8-18-9)7-13-16-12(17)15-10-5-3-2-4-6-10/h7-8,10H,2-6H2,1H3,(H2,15,16,17)/b13-7+. The Hall–Kier alpha value is -1.01. The molecule has 1 saturated carbocycles. The summed E-state index contributed by atoms with van der Waals surface area (Å²) in [6, 6.07) is 0.510. The van der Waals surface area contributed by atoms with Crippen molar-refractivity contribution in [2.24, 2.45) is 5.10 Å². The molecule has 18 heavy (non-hydrogen) atoms. The fourth-order valence-electron chi connectivity index (χ4n) is 2.06. The Morgan fingerprint density at radius 3 is 2.94 bits per heavy atom. The molecular formula is C12H18N4S2. The molecule has 0 atom stereocenters. The molecule has 98 valence electrons. The van der Waals surface area contributed by atoms with E-state index in [1.807, 2.05) is 12.3 Å². The van der Waals surface area contributed by atoms with Crippen LogP contribution in [-0.4, -0.2) is 22.4 Å². The molecule has 0 radical (unpaired) electrons. The molecule has 2 N–H and O–H groups in total. The smallest absolute Gasteiger partial charge is 0.187 e. The van der Waals surface area contributed by atoms with E-state index in [9.17, 15) is 0 Å². The van der Waals surface area contributed by atoms with Crippen molar-refractivity contribution in [2.75, 3.05) is 0 Å². The minimum atomic E-state index is 0.510. The van der Waals surface area contributed by atoms with Crippen LogP contribution in [-0.2, 0) is 0 Å². The summed E-state index contributed by atoms with van der Waals surface area (Å²) in [6.07, 6.45) is 8.04. The van der Waals surface area contributed by atoms with Gasteiger partial charge in [0.1, 0.15) is 0 Å². The van der Waals surface area contributed by atoms with Crippen LogP contribution in [0.15, 0.2) is 10.5 Å². The molecule has 1 aliphatic rings. The van der Waals surface area contributed by atoms with Crippen molar-refractivity contribution < 1.29 is 0 Å². The molecule has 1 fully saturated rings. The first kappa shape index (κ1) is 13.4. The number of aromatic nitrogens is 1. The predicted octanol–water partition coefficient (Wildman–Crippen LogP) is 2.58. The highest BCUT2D eigenvalue weighted by atomic mass is 32.1. The summed E-state index contributed by atoms with van der Waals surface area (Å²) in [5.41, 5.74) is 3.71. The van der Waals surface area contributed by atoms with Gasteiger partial charge in [0.25, 0.3) is 0 Å². The molecule has 2 rings (SSSR count). The predicted molar refractivity (Wildman–Crippen MR) is 80.2 cm³/mol. The SMILES string of the molecule is Cc1nc(/C=N/NC(=S)NC2CCCCC2)cs1. The number of hydrazone groups is 1. The first-order valence-electron chi connectivity index (χ1n) is 6.26. The van der Waals surface area contributed by atoms with E-state index in [0.29, 0.717) is 11.2 Å². The fourth-order valence-corrected chi connectivity index (χ4v) is 2.84. The zero-order valence-corrected chi connectivity index (χ0v) is 12.1. The number of hydrogen-bond donors (Lipinski definition) is 2. The molecule has 0 amide bonds. The van der Waals surface area contributed by atoms with Gasteiger partial charge in [-0.2, -0.15) is 5.10 Å². The minimum Gasteiger partial charge on any atom is -0.359 e. The van der Waals surface area contributed by atoms with Gasteiger partial charge in [0.2, 0.25) is 0 Å². The second kappa shape index (κ2) is 6.80. The largest absolute Gasteiger partial charge is 0.359 e. The number of thiocarbonyl (C=S) groups is 1. The number of nitrogens with zero attached hydrogens (tertiary/aromatic N) is 2. The van der Waals surface area contributed by atoms with Crippen molar-refractivity contribution in [2.45, 2.75) is 45.1 Å². The molecule has 0 saturated heterocycles. The lowest BCUT2D eigenvalue weighted by molar-refractivity contribution is 0.412. The van der Waals surface area contributed by atoms with Gasteiger partial charge in [-0.25, -0.2) is 4.98 Å². The van der Waals surface area contributed by atoms with Gasteiger partial charge in [-0.1, -0.05) is 19.3 Å². The molecule has 0 aliphatic heterocycles. The molecule has 1 heterocycles. The maximum Gasteiger partial charge on any atom is 0.187 e. The van der Waals surface area contributed by atoms with Crippen molar-refractivity contribution in [3.8, 4) is 0 Å². The number of rotatable bonds is 3. The van der Waals surface area contributed by atoms with Crippen molar-refractivity contribution in [1.29, 1.82) is 0 Å². The van der Waals surface area contributed by atoms with Gasteiger partial charge in [-0.3, -0.25) is 5.43 Å². The summed E-state index contributed by atoms with van der Waals surface area (Å²) in [4.78, 5) is 4.29. The maximum absolute atomic E-state index is 5.20. The summed E-state index contributed by atoms with van der Waals surface area (Å²) in [7, 11) is 0. The van der Waals surface area contributed by atoms with Crippen LogP contribution in [0.25, 0.3) is 0 Å². The Bertz CT molecular complexity index is 421. The van der Waals surface area contributed by atoms with E-state index in [1.165, 1.54) is 32.1 Å². The van der Waals surface area contributed by atoms with Crippen LogP contribution in [0.1, 0.15) is 42.8 Å². The number of nitrogens with one attached hydrogen (secondary N) is 2. The van der Waals surface area contributed by atoms with Crippen molar-refractivity contribution in [3.63, 3.8) is 0 Å². The maximum atomic E-state index is 5.20. The van der Waals surface area contributed by atoms with Gasteiger partial charge in [0.15, 0.2) is 5.11 Å². The molecule has 1 aromatic rings. The normalized spacial score (nSPS) is 16.9.